The van der Waals surface area contributed by atoms with Crippen LogP contribution in [0, 0.1) is 11.7 Å². The number of aromatic nitrogens is 2. The molecule has 1 unspecified atom stereocenters. The minimum absolute atomic E-state index is 0.0273. The van der Waals surface area contributed by atoms with Gasteiger partial charge in [0.25, 0.3) is 0 Å². The highest BCUT2D eigenvalue weighted by Crippen LogP contribution is 2.32. The zero-order valence-electron chi connectivity index (χ0n) is 15.3. The van der Waals surface area contributed by atoms with Crippen LogP contribution in [-0.2, 0) is 9.59 Å². The van der Waals surface area contributed by atoms with E-state index in [2.05, 4.69) is 10.1 Å². The summed E-state index contributed by atoms with van der Waals surface area (Å²) >= 11 is 0. The largest absolute Gasteiger partial charge is 0.461 e. The second kappa shape index (κ2) is 6.84. The van der Waals surface area contributed by atoms with Gasteiger partial charge in [0.15, 0.2) is 5.76 Å². The van der Waals surface area contributed by atoms with Gasteiger partial charge in [0.1, 0.15) is 5.82 Å². The Morgan fingerprint density at radius 1 is 1.14 bits per heavy atom. The number of anilines is 1. The molecule has 0 N–H and O–H groups in total. The Morgan fingerprint density at radius 2 is 1.93 bits per heavy atom. The topological polar surface area (TPSA) is 92.7 Å². The number of carbonyl (C=O) groups excluding carboxylic acids is 2. The Balaban J connectivity index is 1.20. The number of rotatable bonds is 4. The van der Waals surface area contributed by atoms with Crippen molar-refractivity contribution in [1.29, 1.82) is 0 Å². The van der Waals surface area contributed by atoms with E-state index in [1.54, 1.807) is 29.2 Å². The smallest absolute Gasteiger partial charge is 0.238 e. The summed E-state index contributed by atoms with van der Waals surface area (Å²) < 4.78 is 23.6. The molecule has 0 aliphatic carbocycles. The first kappa shape index (κ1) is 17.6. The average molecular weight is 396 g/mol. The maximum Gasteiger partial charge on any atom is 0.238 e. The van der Waals surface area contributed by atoms with Crippen LogP contribution in [0.1, 0.15) is 18.2 Å². The molecule has 4 heterocycles. The van der Waals surface area contributed by atoms with Gasteiger partial charge in [0.2, 0.25) is 23.5 Å². The fourth-order valence-electron chi connectivity index (χ4n) is 3.72. The van der Waals surface area contributed by atoms with Gasteiger partial charge in [-0.2, -0.15) is 4.98 Å². The molecule has 2 aliphatic heterocycles. The molecule has 148 valence electrons. The third-order valence-electron chi connectivity index (χ3n) is 5.34. The SMILES string of the molecule is O=C(C1CC(=O)N(c2ccc(F)cc2)C1)N1CC(c2nc(-c3ccco3)no2)C1. The van der Waals surface area contributed by atoms with Crippen LogP contribution in [0.2, 0.25) is 0 Å². The van der Waals surface area contributed by atoms with Gasteiger partial charge in [0.05, 0.1) is 18.1 Å². The maximum absolute atomic E-state index is 13.1. The number of amides is 2. The van der Waals surface area contributed by atoms with Crippen LogP contribution in [-0.4, -0.2) is 46.5 Å². The molecule has 3 aromatic rings. The standard InChI is InChI=1S/C20H17FN4O4/c21-14-3-5-15(6-4-14)25-11-12(8-17(25)26)20(27)24-9-13(10-24)19-22-18(23-29-19)16-2-1-7-28-16/h1-7,12-13H,8-11H2. The van der Waals surface area contributed by atoms with E-state index in [0.717, 1.165) is 0 Å². The fraction of sp³-hybridized carbons (Fsp3) is 0.300. The zero-order chi connectivity index (χ0) is 20.0. The van der Waals surface area contributed by atoms with Crippen molar-refractivity contribution in [3.05, 3.63) is 54.4 Å². The molecule has 5 rings (SSSR count). The zero-order valence-corrected chi connectivity index (χ0v) is 15.3. The third-order valence-corrected chi connectivity index (χ3v) is 5.34. The number of likely N-dealkylation sites (tertiary alicyclic amines) is 1. The Hall–Kier alpha value is -3.49. The fourth-order valence-corrected chi connectivity index (χ4v) is 3.72. The lowest BCUT2D eigenvalue weighted by atomic mass is 9.96. The molecule has 0 saturated carbocycles. The van der Waals surface area contributed by atoms with Gasteiger partial charge < -0.3 is 18.7 Å². The number of halogens is 1. The highest BCUT2D eigenvalue weighted by atomic mass is 19.1. The van der Waals surface area contributed by atoms with E-state index in [-0.39, 0.29) is 30.0 Å². The summed E-state index contributed by atoms with van der Waals surface area (Å²) in [6.45, 7) is 1.24. The lowest BCUT2D eigenvalue weighted by Crippen LogP contribution is -2.51. The lowest BCUT2D eigenvalue weighted by Gasteiger charge is -2.38. The van der Waals surface area contributed by atoms with E-state index >= 15 is 0 Å². The molecule has 0 radical (unpaired) electrons. The van der Waals surface area contributed by atoms with Crippen molar-refractivity contribution in [2.24, 2.45) is 5.92 Å². The summed E-state index contributed by atoms with van der Waals surface area (Å²) in [5.41, 5.74) is 0.601. The molecule has 2 aromatic heterocycles. The first-order chi connectivity index (χ1) is 14.1. The molecule has 1 aromatic carbocycles. The first-order valence-corrected chi connectivity index (χ1v) is 9.30. The van der Waals surface area contributed by atoms with E-state index in [1.165, 1.54) is 23.3 Å². The van der Waals surface area contributed by atoms with E-state index in [4.69, 9.17) is 8.94 Å². The quantitative estimate of drug-likeness (QED) is 0.673. The van der Waals surface area contributed by atoms with E-state index in [9.17, 15) is 14.0 Å². The van der Waals surface area contributed by atoms with Gasteiger partial charge in [-0.3, -0.25) is 9.59 Å². The molecule has 2 fully saturated rings. The van der Waals surface area contributed by atoms with Crippen molar-refractivity contribution in [2.75, 3.05) is 24.5 Å². The summed E-state index contributed by atoms with van der Waals surface area (Å²) in [5, 5.41) is 3.91. The van der Waals surface area contributed by atoms with Crippen LogP contribution >= 0.6 is 0 Å². The first-order valence-electron chi connectivity index (χ1n) is 9.30. The summed E-state index contributed by atoms with van der Waals surface area (Å²) in [5.74, 6) is 0.378. The van der Waals surface area contributed by atoms with Crippen molar-refractivity contribution in [3.63, 3.8) is 0 Å². The molecule has 2 aliphatic rings. The van der Waals surface area contributed by atoms with E-state index in [1.807, 2.05) is 0 Å². The maximum atomic E-state index is 13.1. The second-order valence-corrected chi connectivity index (χ2v) is 7.26. The van der Waals surface area contributed by atoms with Gasteiger partial charge >= 0.3 is 0 Å². The molecular formula is C20H17FN4O4. The van der Waals surface area contributed by atoms with Crippen molar-refractivity contribution in [3.8, 4) is 11.6 Å². The number of hydrogen-bond acceptors (Lipinski definition) is 6. The number of benzene rings is 1. The molecule has 9 heteroatoms. The van der Waals surface area contributed by atoms with Gasteiger partial charge in [-0.1, -0.05) is 5.16 Å². The molecule has 0 bridgehead atoms. The Kier molecular flexibility index (Phi) is 4.15. The Labute approximate surface area is 164 Å². The van der Waals surface area contributed by atoms with Gasteiger partial charge in [-0.15, -0.1) is 0 Å². The van der Waals surface area contributed by atoms with Crippen LogP contribution in [0.3, 0.4) is 0 Å². The van der Waals surface area contributed by atoms with Crippen LogP contribution < -0.4 is 4.90 Å². The monoisotopic (exact) mass is 396 g/mol. The highest BCUT2D eigenvalue weighted by Gasteiger charge is 2.42. The lowest BCUT2D eigenvalue weighted by molar-refractivity contribution is -0.140. The molecule has 29 heavy (non-hydrogen) atoms. The van der Waals surface area contributed by atoms with Crippen LogP contribution in [0.4, 0.5) is 10.1 Å². The van der Waals surface area contributed by atoms with Crippen molar-refractivity contribution < 1.29 is 22.9 Å². The molecular weight excluding hydrogens is 379 g/mol. The van der Waals surface area contributed by atoms with Gasteiger partial charge in [-0.05, 0) is 36.4 Å². The number of hydrogen-bond donors (Lipinski definition) is 0. The van der Waals surface area contributed by atoms with Crippen molar-refractivity contribution in [1.82, 2.24) is 15.0 Å². The predicted octanol–water partition coefficient (Wildman–Crippen LogP) is 2.45. The third kappa shape index (κ3) is 3.18. The number of nitrogens with zero attached hydrogens (tertiary/aromatic N) is 4. The number of carbonyl (C=O) groups is 2. The second-order valence-electron chi connectivity index (χ2n) is 7.26. The molecule has 1 atom stereocenters. The summed E-state index contributed by atoms with van der Waals surface area (Å²) in [6, 6.07) is 9.19. The molecule has 0 spiro atoms. The van der Waals surface area contributed by atoms with Gasteiger partial charge in [-0.25, -0.2) is 4.39 Å². The van der Waals surface area contributed by atoms with Crippen LogP contribution in [0.25, 0.3) is 11.6 Å². The minimum Gasteiger partial charge on any atom is -0.461 e. The molecule has 2 saturated heterocycles. The highest BCUT2D eigenvalue weighted by molar-refractivity contribution is 6.00. The molecule has 8 nitrogen and oxygen atoms in total. The van der Waals surface area contributed by atoms with Gasteiger partial charge in [0, 0.05) is 31.7 Å². The average Bonchev–Trinajstić information content (AvgIpc) is 3.41. The summed E-state index contributed by atoms with van der Waals surface area (Å²) in [4.78, 5) is 32.7. The predicted molar refractivity (Wildman–Crippen MR) is 98.2 cm³/mol. The Morgan fingerprint density at radius 3 is 2.66 bits per heavy atom. The summed E-state index contributed by atoms with van der Waals surface area (Å²) in [7, 11) is 0. The van der Waals surface area contributed by atoms with Crippen LogP contribution in [0.5, 0.6) is 0 Å². The Bertz CT molecular complexity index is 1040. The van der Waals surface area contributed by atoms with Crippen molar-refractivity contribution in [2.45, 2.75) is 12.3 Å². The van der Waals surface area contributed by atoms with Crippen molar-refractivity contribution >= 4 is 17.5 Å². The summed E-state index contributed by atoms with van der Waals surface area (Å²) in [6.07, 6.45) is 1.69. The number of furan rings is 1. The minimum atomic E-state index is -0.408. The van der Waals surface area contributed by atoms with E-state index in [0.29, 0.717) is 42.8 Å². The molecule has 2 amide bonds. The normalized spacial score (nSPS) is 19.6. The van der Waals surface area contributed by atoms with Crippen LogP contribution in [0.15, 0.2) is 51.6 Å². The van der Waals surface area contributed by atoms with E-state index < -0.39 is 5.92 Å².